The van der Waals surface area contributed by atoms with Crippen molar-refractivity contribution in [1.29, 1.82) is 0 Å². The van der Waals surface area contributed by atoms with Gasteiger partial charge in [0.25, 0.3) is 5.91 Å². The molecule has 0 fully saturated rings. The summed E-state index contributed by atoms with van der Waals surface area (Å²) in [6.45, 7) is 3.94. The van der Waals surface area contributed by atoms with Crippen LogP contribution in [-0.2, 0) is 0 Å². The van der Waals surface area contributed by atoms with Crippen LogP contribution in [-0.4, -0.2) is 31.1 Å². The van der Waals surface area contributed by atoms with Crippen LogP contribution >= 0.6 is 0 Å². The second-order valence-corrected chi connectivity index (χ2v) is 5.89. The monoisotopic (exact) mass is 332 g/mol. The van der Waals surface area contributed by atoms with Gasteiger partial charge in [0, 0.05) is 17.4 Å². The first-order valence-corrected chi connectivity index (χ1v) is 7.85. The van der Waals surface area contributed by atoms with Crippen LogP contribution in [0.4, 0.5) is 5.69 Å². The van der Waals surface area contributed by atoms with Gasteiger partial charge in [-0.25, -0.2) is 0 Å². The molecule has 4 aromatic rings. The van der Waals surface area contributed by atoms with Gasteiger partial charge in [-0.1, -0.05) is 12.1 Å². The summed E-state index contributed by atoms with van der Waals surface area (Å²) < 4.78 is 1.52. The molecule has 7 nitrogen and oxygen atoms in total. The molecule has 124 valence electrons. The number of hydrogen-bond acceptors (Lipinski definition) is 4. The van der Waals surface area contributed by atoms with Crippen molar-refractivity contribution in [2.45, 2.75) is 13.8 Å². The van der Waals surface area contributed by atoms with Gasteiger partial charge in [0.05, 0.1) is 11.3 Å². The highest BCUT2D eigenvalue weighted by Crippen LogP contribution is 2.24. The lowest BCUT2D eigenvalue weighted by molar-refractivity contribution is 0.102. The van der Waals surface area contributed by atoms with Gasteiger partial charge in [0.2, 0.25) is 0 Å². The summed E-state index contributed by atoms with van der Waals surface area (Å²) in [4.78, 5) is 16.0. The summed E-state index contributed by atoms with van der Waals surface area (Å²) in [7, 11) is 0. The van der Waals surface area contributed by atoms with E-state index < -0.39 is 0 Å². The summed E-state index contributed by atoms with van der Waals surface area (Å²) >= 11 is 0. The van der Waals surface area contributed by atoms with E-state index in [0.29, 0.717) is 11.3 Å². The van der Waals surface area contributed by atoms with Crippen molar-refractivity contribution < 1.29 is 4.79 Å². The van der Waals surface area contributed by atoms with E-state index in [1.807, 2.05) is 50.4 Å². The quantitative estimate of drug-likeness (QED) is 0.603. The highest BCUT2D eigenvalue weighted by Gasteiger charge is 2.17. The van der Waals surface area contributed by atoms with Gasteiger partial charge in [-0.05, 0) is 65.1 Å². The molecule has 2 aromatic carbocycles. The Hall–Kier alpha value is -3.48. The van der Waals surface area contributed by atoms with E-state index in [0.717, 1.165) is 27.7 Å². The minimum Gasteiger partial charge on any atom is -0.361 e. The van der Waals surface area contributed by atoms with E-state index >= 15 is 0 Å². The number of tetrazole rings is 1. The minimum atomic E-state index is -0.209. The summed E-state index contributed by atoms with van der Waals surface area (Å²) in [6.07, 6.45) is 3.36. The molecule has 4 rings (SSSR count). The molecule has 1 amide bonds. The highest BCUT2D eigenvalue weighted by molar-refractivity contribution is 6.07. The topological polar surface area (TPSA) is 88.5 Å². The Kier molecular flexibility index (Phi) is 3.53. The predicted octanol–water partition coefficient (Wildman–Crippen LogP) is 3.01. The van der Waals surface area contributed by atoms with E-state index in [-0.39, 0.29) is 5.91 Å². The lowest BCUT2D eigenvalue weighted by atomic mass is 10.0. The molecule has 0 aliphatic heterocycles. The maximum atomic E-state index is 12.9. The van der Waals surface area contributed by atoms with E-state index in [2.05, 4.69) is 25.8 Å². The lowest BCUT2D eigenvalue weighted by Crippen LogP contribution is -2.16. The number of fused-ring (bicyclic) bond motifs is 1. The fraction of sp³-hybridized carbons (Fsp3) is 0.111. The van der Waals surface area contributed by atoms with Crippen LogP contribution in [0.5, 0.6) is 0 Å². The maximum absolute atomic E-state index is 12.9. The number of benzene rings is 2. The van der Waals surface area contributed by atoms with Crippen LogP contribution in [0, 0.1) is 13.8 Å². The van der Waals surface area contributed by atoms with Crippen molar-refractivity contribution in [2.24, 2.45) is 0 Å². The number of anilines is 1. The van der Waals surface area contributed by atoms with Gasteiger partial charge in [0.15, 0.2) is 0 Å². The first-order valence-electron chi connectivity index (χ1n) is 7.85. The number of aromatic nitrogens is 5. The van der Waals surface area contributed by atoms with Gasteiger partial charge in [0.1, 0.15) is 6.33 Å². The number of aromatic amines is 1. The third-order valence-electron chi connectivity index (χ3n) is 4.34. The molecule has 25 heavy (non-hydrogen) atoms. The number of amides is 1. The minimum absolute atomic E-state index is 0.209. The van der Waals surface area contributed by atoms with E-state index in [9.17, 15) is 4.79 Å². The number of hydrogen-bond donors (Lipinski definition) is 2. The molecular weight excluding hydrogens is 316 g/mol. The van der Waals surface area contributed by atoms with Gasteiger partial charge in [-0.3, -0.25) is 4.79 Å². The molecule has 7 heteroatoms. The molecule has 0 spiro atoms. The summed E-state index contributed by atoms with van der Waals surface area (Å²) in [5.74, 6) is -0.209. The van der Waals surface area contributed by atoms with Crippen LogP contribution in [0.2, 0.25) is 0 Å². The lowest BCUT2D eigenvalue weighted by Gasteiger charge is -2.14. The molecule has 2 heterocycles. The zero-order valence-corrected chi connectivity index (χ0v) is 13.8. The zero-order chi connectivity index (χ0) is 17.4. The summed E-state index contributed by atoms with van der Waals surface area (Å²) in [5.41, 5.74) is 4.92. The molecule has 0 saturated heterocycles. The average Bonchev–Trinajstić information content (AvgIpc) is 3.27. The van der Waals surface area contributed by atoms with Crippen LogP contribution in [0.15, 0.2) is 48.9 Å². The molecule has 0 radical (unpaired) electrons. The number of nitrogens with zero attached hydrogens (tertiary/aromatic N) is 4. The normalized spacial score (nSPS) is 11.0. The number of aryl methyl sites for hydroxylation is 1. The molecular formula is C18H16N6O. The van der Waals surface area contributed by atoms with Crippen molar-refractivity contribution in [2.75, 3.05) is 5.32 Å². The Labute approximate surface area is 143 Å². The maximum Gasteiger partial charge on any atom is 0.257 e. The first kappa shape index (κ1) is 15.1. The molecule has 0 bridgehead atoms. The smallest absolute Gasteiger partial charge is 0.257 e. The van der Waals surface area contributed by atoms with Crippen LogP contribution in [0.25, 0.3) is 16.6 Å². The summed E-state index contributed by atoms with van der Waals surface area (Å²) in [6, 6.07) is 11.5. The van der Waals surface area contributed by atoms with Crippen molar-refractivity contribution in [1.82, 2.24) is 25.2 Å². The number of carbonyl (C=O) groups is 1. The average molecular weight is 332 g/mol. The molecule has 2 N–H and O–H groups in total. The molecule has 0 atom stereocenters. The fourth-order valence-electron chi connectivity index (χ4n) is 2.87. The Morgan fingerprint density at radius 1 is 1.16 bits per heavy atom. The van der Waals surface area contributed by atoms with Crippen LogP contribution in [0.1, 0.15) is 21.5 Å². The molecule has 2 aromatic heterocycles. The number of rotatable bonds is 3. The second kappa shape index (κ2) is 5.86. The number of nitrogens with one attached hydrogen (secondary N) is 2. The Bertz CT molecular complexity index is 1060. The van der Waals surface area contributed by atoms with E-state index in [4.69, 9.17) is 0 Å². The van der Waals surface area contributed by atoms with Crippen LogP contribution in [0.3, 0.4) is 0 Å². The number of H-pyrrole nitrogens is 1. The van der Waals surface area contributed by atoms with Crippen LogP contribution < -0.4 is 5.32 Å². The van der Waals surface area contributed by atoms with E-state index in [1.165, 1.54) is 11.0 Å². The van der Waals surface area contributed by atoms with Crippen molar-refractivity contribution in [3.8, 4) is 5.69 Å². The molecule has 0 saturated carbocycles. The largest absolute Gasteiger partial charge is 0.361 e. The third kappa shape index (κ3) is 2.65. The predicted molar refractivity (Wildman–Crippen MR) is 94.9 cm³/mol. The molecule has 0 aliphatic rings. The van der Waals surface area contributed by atoms with Gasteiger partial charge in [-0.2, -0.15) is 4.68 Å². The highest BCUT2D eigenvalue weighted by atomic mass is 16.1. The summed E-state index contributed by atoms with van der Waals surface area (Å²) in [5, 5.41) is 15.3. The van der Waals surface area contributed by atoms with Gasteiger partial charge >= 0.3 is 0 Å². The standard InChI is InChI=1S/C18H16N6O/c1-11-3-6-15(17(12(11)2)24-10-20-22-23-24)18(25)21-14-5-4-13-7-8-19-16(13)9-14/h3-10,19H,1-2H3,(H,21,25). The van der Waals surface area contributed by atoms with Gasteiger partial charge in [-0.15, -0.1) is 5.10 Å². The molecule has 0 unspecified atom stereocenters. The second-order valence-electron chi connectivity index (χ2n) is 5.89. The Morgan fingerprint density at radius 2 is 2.04 bits per heavy atom. The van der Waals surface area contributed by atoms with Crippen molar-refractivity contribution in [3.05, 3.63) is 65.6 Å². The Morgan fingerprint density at radius 3 is 2.84 bits per heavy atom. The van der Waals surface area contributed by atoms with Crippen molar-refractivity contribution >= 4 is 22.5 Å². The zero-order valence-electron chi connectivity index (χ0n) is 13.8. The number of carbonyl (C=O) groups excluding carboxylic acids is 1. The Balaban J connectivity index is 1.73. The first-order chi connectivity index (χ1) is 12.1. The SMILES string of the molecule is Cc1ccc(C(=O)Nc2ccc3cc[nH]c3c2)c(-n2cnnn2)c1C. The van der Waals surface area contributed by atoms with Crippen molar-refractivity contribution in [3.63, 3.8) is 0 Å². The molecule has 0 aliphatic carbocycles. The van der Waals surface area contributed by atoms with E-state index in [1.54, 1.807) is 6.07 Å². The fourth-order valence-corrected chi connectivity index (χ4v) is 2.87. The third-order valence-corrected chi connectivity index (χ3v) is 4.34. The van der Waals surface area contributed by atoms with Gasteiger partial charge < -0.3 is 10.3 Å².